The van der Waals surface area contributed by atoms with Crippen LogP contribution >= 0.6 is 11.8 Å². The van der Waals surface area contributed by atoms with Crippen molar-refractivity contribution in [1.29, 1.82) is 0 Å². The predicted molar refractivity (Wildman–Crippen MR) is 100 cm³/mol. The lowest BCUT2D eigenvalue weighted by atomic mass is 9.96. The van der Waals surface area contributed by atoms with Crippen LogP contribution in [0.25, 0.3) is 0 Å². The summed E-state index contributed by atoms with van der Waals surface area (Å²) >= 11 is 1.79. The Hall–Kier alpha value is -1.65. The summed E-state index contributed by atoms with van der Waals surface area (Å²) in [6.07, 6.45) is 0.841. The molecule has 0 bridgehead atoms. The first-order chi connectivity index (χ1) is 11.4. The third-order valence-electron chi connectivity index (χ3n) is 3.76. The van der Waals surface area contributed by atoms with E-state index in [1.165, 1.54) is 11.1 Å². The maximum absolute atomic E-state index is 9.71. The van der Waals surface area contributed by atoms with E-state index in [-0.39, 0.29) is 6.79 Å². The number of hydrogen-bond acceptors (Lipinski definition) is 4. The Morgan fingerprint density at radius 3 is 2.33 bits per heavy atom. The molecule has 130 valence electrons. The summed E-state index contributed by atoms with van der Waals surface area (Å²) in [7, 11) is 1.63. The molecule has 0 saturated carbocycles. The number of hydrogen-bond donors (Lipinski definition) is 1. The zero-order valence-electron chi connectivity index (χ0n) is 15.1. The quantitative estimate of drug-likeness (QED) is 0.560. The Kier molecular flexibility index (Phi) is 6.58. The molecule has 0 aromatic heterocycles. The van der Waals surface area contributed by atoms with Gasteiger partial charge in [-0.2, -0.15) is 0 Å². The highest BCUT2D eigenvalue weighted by molar-refractivity contribution is 8.00. The number of aryl methyl sites for hydroxylation is 2. The summed E-state index contributed by atoms with van der Waals surface area (Å²) in [5.74, 6) is 1.19. The first-order valence-electron chi connectivity index (χ1n) is 8.11. The van der Waals surface area contributed by atoms with Gasteiger partial charge in [0.25, 0.3) is 0 Å². The number of methoxy groups -OCH3 is 1. The standard InChI is InChI=1S/C20H26O3S/c1-13(2)24-20-11-16(6-7-19(20)23-12-22-5)10-18-14(3)8-17(21)9-15(18)4/h6-9,11,13,21H,10,12H2,1-5H3. The van der Waals surface area contributed by atoms with Gasteiger partial charge in [-0.25, -0.2) is 0 Å². The Labute approximate surface area is 149 Å². The van der Waals surface area contributed by atoms with Crippen molar-refractivity contribution in [2.75, 3.05) is 13.9 Å². The summed E-state index contributed by atoms with van der Waals surface area (Å²) in [4.78, 5) is 1.13. The van der Waals surface area contributed by atoms with Gasteiger partial charge in [-0.05, 0) is 66.8 Å². The lowest BCUT2D eigenvalue weighted by Gasteiger charge is -2.15. The van der Waals surface area contributed by atoms with Crippen molar-refractivity contribution >= 4 is 11.8 Å². The zero-order chi connectivity index (χ0) is 17.7. The molecule has 0 atom stereocenters. The van der Waals surface area contributed by atoms with Crippen molar-refractivity contribution in [3.63, 3.8) is 0 Å². The van der Waals surface area contributed by atoms with Crippen LogP contribution in [0.2, 0.25) is 0 Å². The van der Waals surface area contributed by atoms with Crippen LogP contribution < -0.4 is 4.74 Å². The average Bonchev–Trinajstić information content (AvgIpc) is 2.49. The predicted octanol–water partition coefficient (Wildman–Crippen LogP) is 5.08. The normalized spacial score (nSPS) is 11.1. The number of benzene rings is 2. The fraction of sp³-hybridized carbons (Fsp3) is 0.400. The van der Waals surface area contributed by atoms with Crippen molar-refractivity contribution in [3.8, 4) is 11.5 Å². The van der Waals surface area contributed by atoms with E-state index in [9.17, 15) is 5.11 Å². The van der Waals surface area contributed by atoms with Gasteiger partial charge in [0.05, 0.1) is 4.90 Å². The van der Waals surface area contributed by atoms with Gasteiger partial charge in [0, 0.05) is 12.4 Å². The number of phenols is 1. The van der Waals surface area contributed by atoms with E-state index in [4.69, 9.17) is 9.47 Å². The lowest BCUT2D eigenvalue weighted by molar-refractivity contribution is 0.0491. The van der Waals surface area contributed by atoms with Gasteiger partial charge < -0.3 is 14.6 Å². The molecular formula is C20H26O3S. The highest BCUT2D eigenvalue weighted by atomic mass is 32.2. The fourth-order valence-corrected chi connectivity index (χ4v) is 3.67. The van der Waals surface area contributed by atoms with E-state index in [2.05, 4.69) is 26.0 Å². The van der Waals surface area contributed by atoms with Crippen LogP contribution in [0.15, 0.2) is 35.2 Å². The van der Waals surface area contributed by atoms with Crippen LogP contribution in [0.3, 0.4) is 0 Å². The summed E-state index contributed by atoms with van der Waals surface area (Å²) in [5.41, 5.74) is 4.73. The van der Waals surface area contributed by atoms with Crippen LogP contribution in [0.5, 0.6) is 11.5 Å². The van der Waals surface area contributed by atoms with Gasteiger partial charge in [-0.3, -0.25) is 0 Å². The molecular weight excluding hydrogens is 320 g/mol. The molecule has 0 aliphatic heterocycles. The van der Waals surface area contributed by atoms with Gasteiger partial charge in [0.2, 0.25) is 0 Å². The van der Waals surface area contributed by atoms with Crippen LogP contribution in [0, 0.1) is 13.8 Å². The molecule has 0 heterocycles. The molecule has 4 heteroatoms. The topological polar surface area (TPSA) is 38.7 Å². The van der Waals surface area contributed by atoms with Gasteiger partial charge in [0.15, 0.2) is 6.79 Å². The van der Waals surface area contributed by atoms with Crippen LogP contribution in [0.1, 0.15) is 36.1 Å². The highest BCUT2D eigenvalue weighted by Gasteiger charge is 2.11. The minimum atomic E-state index is 0.251. The minimum absolute atomic E-state index is 0.251. The van der Waals surface area contributed by atoms with Crippen LogP contribution in [-0.2, 0) is 11.2 Å². The summed E-state index contributed by atoms with van der Waals surface area (Å²) in [5, 5.41) is 10.2. The number of rotatable bonds is 7. The zero-order valence-corrected chi connectivity index (χ0v) is 15.9. The SMILES string of the molecule is COCOc1ccc(Cc2c(C)cc(O)cc2C)cc1SC(C)C. The van der Waals surface area contributed by atoms with E-state index >= 15 is 0 Å². The highest BCUT2D eigenvalue weighted by Crippen LogP contribution is 2.34. The Balaban J connectivity index is 2.31. The third kappa shape index (κ3) is 4.92. The third-order valence-corrected chi connectivity index (χ3v) is 4.81. The molecule has 2 aromatic rings. The molecule has 0 radical (unpaired) electrons. The number of ether oxygens (including phenoxy) is 2. The van der Waals surface area contributed by atoms with E-state index in [1.807, 2.05) is 32.0 Å². The van der Waals surface area contributed by atoms with E-state index in [0.29, 0.717) is 11.0 Å². The van der Waals surface area contributed by atoms with Crippen molar-refractivity contribution < 1.29 is 14.6 Å². The molecule has 0 spiro atoms. The second-order valence-corrected chi connectivity index (χ2v) is 7.85. The second kappa shape index (κ2) is 8.45. The molecule has 2 rings (SSSR count). The van der Waals surface area contributed by atoms with Gasteiger partial charge in [-0.1, -0.05) is 19.9 Å². The van der Waals surface area contributed by atoms with Crippen molar-refractivity contribution in [3.05, 3.63) is 52.6 Å². The summed E-state index contributed by atoms with van der Waals surface area (Å²) in [6, 6.07) is 9.96. The minimum Gasteiger partial charge on any atom is -0.508 e. The van der Waals surface area contributed by atoms with Gasteiger partial charge in [-0.15, -0.1) is 11.8 Å². The Morgan fingerprint density at radius 1 is 1.08 bits per heavy atom. The van der Waals surface area contributed by atoms with Crippen LogP contribution in [0.4, 0.5) is 0 Å². The second-order valence-electron chi connectivity index (χ2n) is 6.23. The van der Waals surface area contributed by atoms with E-state index in [1.54, 1.807) is 18.9 Å². The average molecular weight is 346 g/mol. The molecule has 0 unspecified atom stereocenters. The molecule has 1 N–H and O–H groups in total. The number of aromatic hydroxyl groups is 1. The Morgan fingerprint density at radius 2 is 1.75 bits per heavy atom. The van der Waals surface area contributed by atoms with Crippen LogP contribution in [-0.4, -0.2) is 24.3 Å². The number of thioether (sulfide) groups is 1. The van der Waals surface area contributed by atoms with E-state index < -0.39 is 0 Å². The first-order valence-corrected chi connectivity index (χ1v) is 8.99. The number of phenolic OH excluding ortho intramolecular Hbond substituents is 1. The molecule has 0 aliphatic carbocycles. The van der Waals surface area contributed by atoms with Gasteiger partial charge >= 0.3 is 0 Å². The Bertz CT molecular complexity index is 672. The van der Waals surface area contributed by atoms with Gasteiger partial charge in [0.1, 0.15) is 11.5 Å². The molecule has 2 aromatic carbocycles. The smallest absolute Gasteiger partial charge is 0.188 e. The molecule has 0 aliphatic rings. The fourth-order valence-electron chi connectivity index (χ4n) is 2.70. The maximum Gasteiger partial charge on any atom is 0.188 e. The molecule has 0 amide bonds. The first kappa shape index (κ1) is 18.7. The maximum atomic E-state index is 9.71. The molecule has 0 fully saturated rings. The van der Waals surface area contributed by atoms with E-state index in [0.717, 1.165) is 28.2 Å². The molecule has 24 heavy (non-hydrogen) atoms. The van der Waals surface area contributed by atoms with Crippen molar-refractivity contribution in [1.82, 2.24) is 0 Å². The van der Waals surface area contributed by atoms with Crippen molar-refractivity contribution in [2.45, 2.75) is 44.3 Å². The summed E-state index contributed by atoms with van der Waals surface area (Å²) < 4.78 is 10.7. The van der Waals surface area contributed by atoms with Crippen molar-refractivity contribution in [2.24, 2.45) is 0 Å². The summed E-state index contributed by atoms with van der Waals surface area (Å²) in [6.45, 7) is 8.68. The molecule has 0 saturated heterocycles. The largest absolute Gasteiger partial charge is 0.508 e. The molecule has 3 nitrogen and oxygen atoms in total. The lowest BCUT2D eigenvalue weighted by Crippen LogP contribution is -2.02. The monoisotopic (exact) mass is 346 g/mol.